The zero-order valence-electron chi connectivity index (χ0n) is 10.1. The van der Waals surface area contributed by atoms with Crippen LogP contribution in [-0.4, -0.2) is 54.5 Å². The molecule has 2 N–H and O–H groups in total. The Balaban J connectivity index is 2.20. The summed E-state index contributed by atoms with van der Waals surface area (Å²) in [7, 11) is 0. The lowest BCUT2D eigenvalue weighted by Gasteiger charge is -2.31. The Kier molecular flexibility index (Phi) is 5.55. The van der Waals surface area contributed by atoms with Gasteiger partial charge in [0.05, 0.1) is 12.7 Å². The molecule has 1 amide bonds. The van der Waals surface area contributed by atoms with Crippen LogP contribution in [0.5, 0.6) is 0 Å². The second-order valence-electron chi connectivity index (χ2n) is 4.22. The third-order valence-corrected chi connectivity index (χ3v) is 2.72. The third kappa shape index (κ3) is 4.37. The van der Waals surface area contributed by atoms with E-state index < -0.39 is 0 Å². The van der Waals surface area contributed by atoms with Gasteiger partial charge in [-0.15, -0.1) is 0 Å². The van der Waals surface area contributed by atoms with E-state index in [1.807, 2.05) is 6.92 Å². The second kappa shape index (κ2) is 6.70. The highest BCUT2D eigenvalue weighted by Crippen LogP contribution is 2.11. The van der Waals surface area contributed by atoms with Crippen molar-refractivity contribution in [3.8, 4) is 0 Å². The van der Waals surface area contributed by atoms with E-state index in [0.717, 1.165) is 25.9 Å². The van der Waals surface area contributed by atoms with Crippen molar-refractivity contribution in [2.24, 2.45) is 0 Å². The maximum Gasteiger partial charge on any atom is 0.409 e. The Morgan fingerprint density at radius 3 is 2.69 bits per heavy atom. The van der Waals surface area contributed by atoms with E-state index in [4.69, 9.17) is 9.84 Å². The molecule has 5 heteroatoms. The Morgan fingerprint density at radius 2 is 2.19 bits per heavy atom. The molecule has 0 aromatic carbocycles. The predicted molar refractivity (Wildman–Crippen MR) is 61.3 cm³/mol. The van der Waals surface area contributed by atoms with E-state index in [0.29, 0.717) is 19.2 Å². The monoisotopic (exact) mass is 230 g/mol. The van der Waals surface area contributed by atoms with Crippen LogP contribution in [-0.2, 0) is 4.74 Å². The minimum atomic E-state index is -0.317. The molecule has 0 unspecified atom stereocenters. The number of carbonyl (C=O) groups excluding carboxylic acids is 1. The molecule has 1 aliphatic rings. The molecule has 1 heterocycles. The van der Waals surface area contributed by atoms with E-state index >= 15 is 0 Å². The Labute approximate surface area is 96.8 Å². The number of carbonyl (C=O) groups is 1. The summed E-state index contributed by atoms with van der Waals surface area (Å²) in [4.78, 5) is 13.2. The fraction of sp³-hybridized carbons (Fsp3) is 0.909. The summed E-state index contributed by atoms with van der Waals surface area (Å²) in [6.45, 7) is 6.09. The topological polar surface area (TPSA) is 61.8 Å². The molecule has 5 nitrogen and oxygen atoms in total. The number of amides is 1. The molecule has 1 fully saturated rings. The highest BCUT2D eigenvalue weighted by molar-refractivity contribution is 5.67. The van der Waals surface area contributed by atoms with Crippen LogP contribution >= 0.6 is 0 Å². The average molecular weight is 230 g/mol. The van der Waals surface area contributed by atoms with Crippen molar-refractivity contribution in [2.75, 3.05) is 26.2 Å². The SMILES string of the molecule is CCOC(=O)N1CCC(NC[C@H](C)O)CC1. The third-order valence-electron chi connectivity index (χ3n) is 2.72. The number of hydrogen-bond acceptors (Lipinski definition) is 4. The molecular weight excluding hydrogens is 208 g/mol. The Bertz CT molecular complexity index is 213. The van der Waals surface area contributed by atoms with E-state index in [-0.39, 0.29) is 12.2 Å². The van der Waals surface area contributed by atoms with Crippen molar-refractivity contribution in [1.82, 2.24) is 10.2 Å². The van der Waals surface area contributed by atoms with E-state index in [1.165, 1.54) is 0 Å². The van der Waals surface area contributed by atoms with Crippen LogP contribution in [0.3, 0.4) is 0 Å². The van der Waals surface area contributed by atoms with Gasteiger partial charge in [-0.3, -0.25) is 0 Å². The van der Waals surface area contributed by atoms with Gasteiger partial charge < -0.3 is 20.1 Å². The molecule has 1 aliphatic heterocycles. The highest BCUT2D eigenvalue weighted by Gasteiger charge is 2.23. The lowest BCUT2D eigenvalue weighted by atomic mass is 10.1. The van der Waals surface area contributed by atoms with Gasteiger partial charge in [0.25, 0.3) is 0 Å². The smallest absolute Gasteiger partial charge is 0.409 e. The molecule has 0 aliphatic carbocycles. The summed E-state index contributed by atoms with van der Waals surface area (Å²) < 4.78 is 4.94. The number of rotatable bonds is 4. The van der Waals surface area contributed by atoms with Gasteiger partial charge in [0.15, 0.2) is 0 Å². The molecule has 0 aromatic heterocycles. The van der Waals surface area contributed by atoms with E-state index in [2.05, 4.69) is 5.32 Å². The number of nitrogens with zero attached hydrogens (tertiary/aromatic N) is 1. The zero-order chi connectivity index (χ0) is 12.0. The van der Waals surface area contributed by atoms with E-state index in [9.17, 15) is 4.79 Å². The summed E-state index contributed by atoms with van der Waals surface area (Å²) in [6, 6.07) is 0.403. The van der Waals surface area contributed by atoms with Gasteiger partial charge in [-0.25, -0.2) is 4.79 Å². The van der Waals surface area contributed by atoms with Gasteiger partial charge in [0, 0.05) is 25.7 Å². The number of hydrogen-bond donors (Lipinski definition) is 2. The van der Waals surface area contributed by atoms with Crippen molar-refractivity contribution in [1.29, 1.82) is 0 Å². The first-order valence-electron chi connectivity index (χ1n) is 5.96. The molecule has 94 valence electrons. The molecular formula is C11H22N2O3. The van der Waals surface area contributed by atoms with Gasteiger partial charge in [-0.05, 0) is 26.7 Å². The Hall–Kier alpha value is -0.810. The fourth-order valence-electron chi connectivity index (χ4n) is 1.82. The zero-order valence-corrected chi connectivity index (χ0v) is 10.1. The standard InChI is InChI=1S/C11H22N2O3/c1-3-16-11(15)13-6-4-10(5-7-13)12-8-9(2)14/h9-10,12,14H,3-8H2,1-2H3/t9-/m0/s1. The molecule has 0 bridgehead atoms. The minimum absolute atomic E-state index is 0.212. The molecule has 0 radical (unpaired) electrons. The van der Waals surface area contributed by atoms with Gasteiger partial charge in [0.1, 0.15) is 0 Å². The first-order chi connectivity index (χ1) is 7.63. The van der Waals surface area contributed by atoms with Crippen LogP contribution in [0.4, 0.5) is 4.79 Å². The number of aliphatic hydroxyl groups excluding tert-OH is 1. The summed E-state index contributed by atoms with van der Waals surface area (Å²) in [5.41, 5.74) is 0. The van der Waals surface area contributed by atoms with Crippen LogP contribution in [0.2, 0.25) is 0 Å². The van der Waals surface area contributed by atoms with Crippen LogP contribution in [0.25, 0.3) is 0 Å². The van der Waals surface area contributed by atoms with Crippen molar-refractivity contribution < 1.29 is 14.6 Å². The number of nitrogens with one attached hydrogen (secondary N) is 1. The van der Waals surface area contributed by atoms with Gasteiger partial charge in [-0.2, -0.15) is 0 Å². The van der Waals surface area contributed by atoms with E-state index in [1.54, 1.807) is 11.8 Å². The van der Waals surface area contributed by atoms with Crippen molar-refractivity contribution in [2.45, 2.75) is 38.8 Å². The first kappa shape index (κ1) is 13.3. The first-order valence-corrected chi connectivity index (χ1v) is 5.96. The van der Waals surface area contributed by atoms with Crippen LogP contribution in [0.15, 0.2) is 0 Å². The highest BCUT2D eigenvalue weighted by atomic mass is 16.6. The van der Waals surface area contributed by atoms with Gasteiger partial charge in [-0.1, -0.05) is 0 Å². The molecule has 0 spiro atoms. The van der Waals surface area contributed by atoms with Gasteiger partial charge in [0.2, 0.25) is 0 Å². The molecule has 0 saturated carbocycles. The minimum Gasteiger partial charge on any atom is -0.450 e. The van der Waals surface area contributed by atoms with Crippen molar-refractivity contribution in [3.63, 3.8) is 0 Å². The maximum atomic E-state index is 11.4. The molecule has 1 atom stereocenters. The summed E-state index contributed by atoms with van der Waals surface area (Å²) >= 11 is 0. The maximum absolute atomic E-state index is 11.4. The lowest BCUT2D eigenvalue weighted by molar-refractivity contribution is 0.0933. The lowest BCUT2D eigenvalue weighted by Crippen LogP contribution is -2.46. The summed E-state index contributed by atoms with van der Waals surface area (Å²) in [5.74, 6) is 0. The summed E-state index contributed by atoms with van der Waals surface area (Å²) in [5, 5.41) is 12.4. The Morgan fingerprint density at radius 1 is 1.56 bits per heavy atom. The molecule has 1 saturated heterocycles. The summed E-state index contributed by atoms with van der Waals surface area (Å²) in [6.07, 6.45) is 1.32. The van der Waals surface area contributed by atoms with Crippen molar-refractivity contribution >= 4 is 6.09 Å². The molecule has 0 aromatic rings. The molecule has 16 heavy (non-hydrogen) atoms. The van der Waals surface area contributed by atoms with Crippen molar-refractivity contribution in [3.05, 3.63) is 0 Å². The number of ether oxygens (including phenoxy) is 1. The van der Waals surface area contributed by atoms with Crippen LogP contribution in [0.1, 0.15) is 26.7 Å². The number of aliphatic hydroxyl groups is 1. The number of likely N-dealkylation sites (tertiary alicyclic amines) is 1. The largest absolute Gasteiger partial charge is 0.450 e. The van der Waals surface area contributed by atoms with Crippen LogP contribution in [0, 0.1) is 0 Å². The second-order valence-corrected chi connectivity index (χ2v) is 4.22. The predicted octanol–water partition coefficient (Wildman–Crippen LogP) is 0.578. The quantitative estimate of drug-likeness (QED) is 0.741. The van der Waals surface area contributed by atoms with Gasteiger partial charge >= 0.3 is 6.09 Å². The number of piperidine rings is 1. The molecule has 1 rings (SSSR count). The average Bonchev–Trinajstić information content (AvgIpc) is 2.27. The normalized spacial score (nSPS) is 19.6. The fourth-order valence-corrected chi connectivity index (χ4v) is 1.82. The van der Waals surface area contributed by atoms with Crippen LogP contribution < -0.4 is 5.32 Å².